The molecule has 5 nitrogen and oxygen atoms in total. The highest BCUT2D eigenvalue weighted by Crippen LogP contribution is 2.26. The third-order valence-electron chi connectivity index (χ3n) is 5.27. The minimum absolute atomic E-state index is 0.0867. The summed E-state index contributed by atoms with van der Waals surface area (Å²) >= 11 is 0. The van der Waals surface area contributed by atoms with Crippen molar-refractivity contribution in [2.75, 3.05) is 24.2 Å². The standard InChI is InChI=1S/C23H31N3O2/c1-6-17(3)20-9-7-8-10-21(20)25-23(28)18(4)26(5)15-22(27)24-19-13-11-16(2)12-14-19/h7-14,17-18H,6,15H2,1-5H3,(H,24,27)(H,25,28)/p+1/t17-,18+/m1/s1. The average molecular weight is 383 g/mol. The predicted octanol–water partition coefficient (Wildman–Crippen LogP) is 2.99. The highest BCUT2D eigenvalue weighted by molar-refractivity contribution is 5.95. The maximum atomic E-state index is 12.7. The zero-order chi connectivity index (χ0) is 20.7. The maximum Gasteiger partial charge on any atom is 0.282 e. The predicted molar refractivity (Wildman–Crippen MR) is 115 cm³/mol. The first-order valence-corrected chi connectivity index (χ1v) is 9.90. The van der Waals surface area contributed by atoms with E-state index >= 15 is 0 Å². The molecular formula is C23H32N3O2+. The van der Waals surface area contributed by atoms with E-state index in [1.807, 2.05) is 63.4 Å². The van der Waals surface area contributed by atoms with Crippen LogP contribution in [0.25, 0.3) is 0 Å². The fraction of sp³-hybridized carbons (Fsp3) is 0.391. The van der Waals surface area contributed by atoms with Crippen LogP contribution in [0.2, 0.25) is 0 Å². The van der Waals surface area contributed by atoms with Gasteiger partial charge in [-0.25, -0.2) is 0 Å². The molecule has 3 N–H and O–H groups in total. The fourth-order valence-electron chi connectivity index (χ4n) is 2.97. The van der Waals surface area contributed by atoms with Crippen molar-refractivity contribution in [2.24, 2.45) is 0 Å². The van der Waals surface area contributed by atoms with Crippen LogP contribution in [0.3, 0.4) is 0 Å². The third kappa shape index (κ3) is 5.92. The monoisotopic (exact) mass is 382 g/mol. The molecule has 0 spiro atoms. The number of anilines is 2. The molecule has 0 aliphatic carbocycles. The summed E-state index contributed by atoms with van der Waals surface area (Å²) in [5, 5.41) is 5.93. The first-order valence-electron chi connectivity index (χ1n) is 9.90. The number of para-hydroxylation sites is 1. The van der Waals surface area contributed by atoms with Crippen LogP contribution in [-0.4, -0.2) is 31.4 Å². The molecule has 2 aromatic rings. The van der Waals surface area contributed by atoms with Crippen LogP contribution in [0.1, 0.15) is 44.2 Å². The average Bonchev–Trinajstić information content (AvgIpc) is 2.68. The molecule has 0 aliphatic rings. The summed E-state index contributed by atoms with van der Waals surface area (Å²) in [6, 6.07) is 15.2. The molecule has 0 aliphatic heterocycles. The van der Waals surface area contributed by atoms with E-state index in [1.54, 1.807) is 0 Å². The zero-order valence-electron chi connectivity index (χ0n) is 17.5. The molecule has 2 amide bonds. The summed E-state index contributed by atoms with van der Waals surface area (Å²) in [5.41, 5.74) is 3.90. The van der Waals surface area contributed by atoms with E-state index in [4.69, 9.17) is 0 Å². The van der Waals surface area contributed by atoms with Crippen LogP contribution >= 0.6 is 0 Å². The lowest BCUT2D eigenvalue weighted by Gasteiger charge is -2.22. The van der Waals surface area contributed by atoms with Crippen LogP contribution < -0.4 is 15.5 Å². The number of benzene rings is 2. The summed E-state index contributed by atoms with van der Waals surface area (Å²) < 4.78 is 0. The van der Waals surface area contributed by atoms with Crippen molar-refractivity contribution < 1.29 is 14.5 Å². The lowest BCUT2D eigenvalue weighted by molar-refractivity contribution is -0.885. The second-order valence-electron chi connectivity index (χ2n) is 7.54. The van der Waals surface area contributed by atoms with Crippen molar-refractivity contribution in [1.29, 1.82) is 0 Å². The van der Waals surface area contributed by atoms with Gasteiger partial charge in [0, 0.05) is 11.4 Å². The van der Waals surface area contributed by atoms with E-state index in [0.717, 1.165) is 33.8 Å². The molecule has 0 saturated heterocycles. The summed E-state index contributed by atoms with van der Waals surface area (Å²) in [6.07, 6.45) is 1.01. The summed E-state index contributed by atoms with van der Waals surface area (Å²) in [7, 11) is 1.86. The van der Waals surface area contributed by atoms with Crippen LogP contribution in [0, 0.1) is 6.92 Å². The van der Waals surface area contributed by atoms with Gasteiger partial charge in [-0.3, -0.25) is 9.59 Å². The van der Waals surface area contributed by atoms with Crippen molar-refractivity contribution in [3.05, 3.63) is 59.7 Å². The summed E-state index contributed by atoms with van der Waals surface area (Å²) in [5.74, 6) is 0.176. The van der Waals surface area contributed by atoms with Gasteiger partial charge in [-0.1, -0.05) is 49.7 Å². The third-order valence-corrected chi connectivity index (χ3v) is 5.27. The van der Waals surface area contributed by atoms with Crippen molar-refractivity contribution in [3.8, 4) is 0 Å². The minimum Gasteiger partial charge on any atom is -0.321 e. The van der Waals surface area contributed by atoms with Gasteiger partial charge in [0.1, 0.15) is 0 Å². The lowest BCUT2D eigenvalue weighted by Crippen LogP contribution is -3.14. The Morgan fingerprint density at radius 1 is 1.00 bits per heavy atom. The van der Waals surface area contributed by atoms with E-state index in [9.17, 15) is 9.59 Å². The summed E-state index contributed by atoms with van der Waals surface area (Å²) in [6.45, 7) is 8.35. The number of carbonyl (C=O) groups excluding carboxylic acids is 2. The number of carbonyl (C=O) groups is 2. The van der Waals surface area contributed by atoms with Crippen LogP contribution in [0.15, 0.2) is 48.5 Å². The van der Waals surface area contributed by atoms with Gasteiger partial charge < -0.3 is 15.5 Å². The minimum atomic E-state index is -0.353. The Labute approximate surface area is 168 Å². The largest absolute Gasteiger partial charge is 0.321 e. The molecule has 28 heavy (non-hydrogen) atoms. The molecule has 0 fully saturated rings. The van der Waals surface area contributed by atoms with Gasteiger partial charge in [0.05, 0.1) is 7.05 Å². The smallest absolute Gasteiger partial charge is 0.282 e. The van der Waals surface area contributed by atoms with Crippen molar-refractivity contribution >= 4 is 23.2 Å². The van der Waals surface area contributed by atoms with Crippen LogP contribution in [0.5, 0.6) is 0 Å². The first kappa shape index (κ1) is 21.6. The number of amides is 2. The van der Waals surface area contributed by atoms with Gasteiger partial charge in [0.2, 0.25) is 0 Å². The van der Waals surface area contributed by atoms with E-state index in [2.05, 4.69) is 30.5 Å². The van der Waals surface area contributed by atoms with Crippen LogP contribution in [0.4, 0.5) is 11.4 Å². The second-order valence-corrected chi connectivity index (χ2v) is 7.54. The Morgan fingerprint density at radius 2 is 1.64 bits per heavy atom. The number of likely N-dealkylation sites (N-methyl/N-ethyl adjacent to an activating group) is 1. The van der Waals surface area contributed by atoms with Gasteiger partial charge in [-0.05, 0) is 49.9 Å². The lowest BCUT2D eigenvalue weighted by atomic mass is 9.97. The Balaban J connectivity index is 1.95. The van der Waals surface area contributed by atoms with Gasteiger partial charge in [0.15, 0.2) is 12.6 Å². The summed E-state index contributed by atoms with van der Waals surface area (Å²) in [4.78, 5) is 25.9. The Kier molecular flexibility index (Phi) is 7.76. The first-order chi connectivity index (χ1) is 13.3. The quantitative estimate of drug-likeness (QED) is 0.657. The molecule has 0 radical (unpaired) electrons. The number of nitrogens with one attached hydrogen (secondary N) is 3. The maximum absolute atomic E-state index is 12.7. The molecule has 0 saturated carbocycles. The van der Waals surface area contributed by atoms with Gasteiger partial charge >= 0.3 is 0 Å². The fourth-order valence-corrected chi connectivity index (χ4v) is 2.97. The Hall–Kier alpha value is -2.66. The second kappa shape index (κ2) is 10.0. The molecule has 0 bridgehead atoms. The molecule has 2 rings (SSSR count). The van der Waals surface area contributed by atoms with E-state index < -0.39 is 0 Å². The van der Waals surface area contributed by atoms with Crippen LogP contribution in [-0.2, 0) is 9.59 Å². The highest BCUT2D eigenvalue weighted by Gasteiger charge is 2.25. The molecule has 0 aromatic heterocycles. The molecule has 150 valence electrons. The molecular weight excluding hydrogens is 350 g/mol. The molecule has 3 atom stereocenters. The number of rotatable bonds is 8. The SMILES string of the molecule is CC[C@@H](C)c1ccccc1NC(=O)[C@H](C)[NH+](C)CC(=O)Nc1ccc(C)cc1. The zero-order valence-corrected chi connectivity index (χ0v) is 17.5. The number of quaternary nitrogens is 1. The highest BCUT2D eigenvalue weighted by atomic mass is 16.2. The molecule has 2 aromatic carbocycles. The number of hydrogen-bond donors (Lipinski definition) is 3. The van der Waals surface area contributed by atoms with E-state index in [-0.39, 0.29) is 24.4 Å². The van der Waals surface area contributed by atoms with E-state index in [0.29, 0.717) is 5.92 Å². The van der Waals surface area contributed by atoms with Gasteiger partial charge in [0.25, 0.3) is 11.8 Å². The van der Waals surface area contributed by atoms with E-state index in [1.165, 1.54) is 0 Å². The number of hydrogen-bond acceptors (Lipinski definition) is 2. The van der Waals surface area contributed by atoms with Crippen molar-refractivity contribution in [3.63, 3.8) is 0 Å². The Morgan fingerprint density at radius 3 is 2.29 bits per heavy atom. The van der Waals surface area contributed by atoms with Gasteiger partial charge in [-0.2, -0.15) is 0 Å². The van der Waals surface area contributed by atoms with Crippen molar-refractivity contribution in [1.82, 2.24) is 0 Å². The molecule has 0 heterocycles. The normalized spacial score (nSPS) is 14.0. The van der Waals surface area contributed by atoms with Crippen molar-refractivity contribution in [2.45, 2.75) is 46.1 Å². The number of aryl methyl sites for hydroxylation is 1. The Bertz CT molecular complexity index is 802. The topological polar surface area (TPSA) is 62.6 Å². The van der Waals surface area contributed by atoms with Gasteiger partial charge in [-0.15, -0.1) is 0 Å². The molecule has 5 heteroatoms. The molecule has 1 unspecified atom stereocenters.